The van der Waals surface area contributed by atoms with Gasteiger partial charge in [0.1, 0.15) is 5.75 Å². The molecule has 0 saturated heterocycles. The van der Waals surface area contributed by atoms with Crippen molar-refractivity contribution in [2.24, 2.45) is 0 Å². The Morgan fingerprint density at radius 2 is 1.74 bits per heavy atom. The SMILES string of the molecule is CCc1ccc(C(C)COc2ccc(CC(SC)C(=O)NC=O)cc2)cc1. The summed E-state index contributed by atoms with van der Waals surface area (Å²) in [6.45, 7) is 4.92. The number of aryl methyl sites for hydroxylation is 1. The van der Waals surface area contributed by atoms with Gasteiger partial charge in [-0.3, -0.25) is 14.9 Å². The van der Waals surface area contributed by atoms with Crippen LogP contribution in [0.2, 0.25) is 0 Å². The molecule has 5 heteroatoms. The fraction of sp³-hybridized carbons (Fsp3) is 0.364. The van der Waals surface area contributed by atoms with Crippen molar-refractivity contribution in [2.45, 2.75) is 37.9 Å². The minimum atomic E-state index is -0.284. The quantitative estimate of drug-likeness (QED) is 0.629. The van der Waals surface area contributed by atoms with Crippen molar-refractivity contribution in [3.05, 3.63) is 65.2 Å². The Morgan fingerprint density at radius 3 is 2.30 bits per heavy atom. The average molecular weight is 386 g/mol. The molecule has 0 aliphatic heterocycles. The summed E-state index contributed by atoms with van der Waals surface area (Å²) in [7, 11) is 0. The lowest BCUT2D eigenvalue weighted by molar-refractivity contribution is -0.124. The van der Waals surface area contributed by atoms with Crippen molar-refractivity contribution in [3.8, 4) is 5.75 Å². The molecule has 2 atom stereocenters. The Morgan fingerprint density at radius 1 is 1.11 bits per heavy atom. The highest BCUT2D eigenvalue weighted by Gasteiger charge is 2.17. The van der Waals surface area contributed by atoms with Gasteiger partial charge in [0.15, 0.2) is 0 Å². The van der Waals surface area contributed by atoms with E-state index in [-0.39, 0.29) is 11.2 Å². The lowest BCUT2D eigenvalue weighted by Gasteiger charge is -2.15. The third-order valence-electron chi connectivity index (χ3n) is 4.58. The second-order valence-corrected chi connectivity index (χ2v) is 7.55. The Balaban J connectivity index is 1.89. The number of imide groups is 1. The highest BCUT2D eigenvalue weighted by Crippen LogP contribution is 2.21. The maximum absolute atomic E-state index is 11.8. The number of thioether (sulfide) groups is 1. The first-order chi connectivity index (χ1) is 13.1. The molecule has 0 saturated carbocycles. The van der Waals surface area contributed by atoms with E-state index in [1.165, 1.54) is 22.9 Å². The molecule has 2 unspecified atom stereocenters. The van der Waals surface area contributed by atoms with Gasteiger partial charge >= 0.3 is 0 Å². The number of carbonyl (C=O) groups is 2. The first-order valence-electron chi connectivity index (χ1n) is 9.14. The molecule has 27 heavy (non-hydrogen) atoms. The Bertz CT molecular complexity index is 728. The van der Waals surface area contributed by atoms with Crippen molar-refractivity contribution in [3.63, 3.8) is 0 Å². The van der Waals surface area contributed by atoms with Crippen molar-refractivity contribution >= 4 is 24.1 Å². The average Bonchev–Trinajstić information content (AvgIpc) is 2.71. The molecule has 0 heterocycles. The number of carbonyl (C=O) groups excluding carboxylic acids is 2. The van der Waals surface area contributed by atoms with Gasteiger partial charge in [-0.1, -0.05) is 50.2 Å². The topological polar surface area (TPSA) is 55.4 Å². The van der Waals surface area contributed by atoms with Crippen LogP contribution in [0, 0.1) is 0 Å². The van der Waals surface area contributed by atoms with E-state index in [1.54, 1.807) is 0 Å². The van der Waals surface area contributed by atoms with E-state index in [9.17, 15) is 9.59 Å². The zero-order valence-corrected chi connectivity index (χ0v) is 16.9. The van der Waals surface area contributed by atoms with Crippen LogP contribution in [0.4, 0.5) is 0 Å². The predicted octanol–water partition coefficient (Wildman–Crippen LogP) is 3.98. The highest BCUT2D eigenvalue weighted by atomic mass is 32.2. The molecule has 0 aliphatic carbocycles. The van der Waals surface area contributed by atoms with Crippen LogP contribution in [0.5, 0.6) is 5.75 Å². The lowest BCUT2D eigenvalue weighted by atomic mass is 10.00. The van der Waals surface area contributed by atoms with Crippen LogP contribution in [0.25, 0.3) is 0 Å². The van der Waals surface area contributed by atoms with Crippen LogP contribution < -0.4 is 10.1 Å². The van der Waals surface area contributed by atoms with Gasteiger partial charge in [0.25, 0.3) is 0 Å². The van der Waals surface area contributed by atoms with E-state index in [2.05, 4.69) is 43.4 Å². The molecule has 2 rings (SSSR count). The Labute approximate surface area is 165 Å². The number of hydrogen-bond donors (Lipinski definition) is 1. The van der Waals surface area contributed by atoms with E-state index in [1.807, 2.05) is 30.5 Å². The predicted molar refractivity (Wildman–Crippen MR) is 111 cm³/mol. The molecular weight excluding hydrogens is 358 g/mol. The molecule has 0 aromatic heterocycles. The van der Waals surface area contributed by atoms with E-state index in [4.69, 9.17) is 4.74 Å². The monoisotopic (exact) mass is 385 g/mol. The fourth-order valence-corrected chi connectivity index (χ4v) is 3.41. The molecule has 0 radical (unpaired) electrons. The molecule has 0 spiro atoms. The van der Waals surface area contributed by atoms with Crippen molar-refractivity contribution in [1.29, 1.82) is 0 Å². The van der Waals surface area contributed by atoms with Crippen LogP contribution in [0.1, 0.15) is 36.5 Å². The van der Waals surface area contributed by atoms with Gasteiger partial charge in [-0.15, -0.1) is 0 Å². The third-order valence-corrected chi connectivity index (χ3v) is 5.53. The molecule has 0 fully saturated rings. The number of nitrogens with one attached hydrogen (secondary N) is 1. The summed E-state index contributed by atoms with van der Waals surface area (Å²) in [6.07, 6.45) is 3.91. The summed E-state index contributed by atoms with van der Waals surface area (Å²) in [5.74, 6) is 0.859. The molecule has 2 aromatic carbocycles. The zero-order valence-electron chi connectivity index (χ0n) is 16.1. The van der Waals surface area contributed by atoms with Crippen molar-refractivity contribution in [2.75, 3.05) is 12.9 Å². The van der Waals surface area contributed by atoms with Gasteiger partial charge in [-0.2, -0.15) is 11.8 Å². The molecule has 2 amide bonds. The fourth-order valence-electron chi connectivity index (χ4n) is 2.77. The van der Waals surface area contributed by atoms with Gasteiger partial charge < -0.3 is 4.74 Å². The van der Waals surface area contributed by atoms with E-state index >= 15 is 0 Å². The number of amides is 2. The molecule has 144 valence electrons. The molecule has 2 aromatic rings. The normalized spacial score (nSPS) is 12.9. The van der Waals surface area contributed by atoms with Crippen LogP contribution in [-0.2, 0) is 22.4 Å². The van der Waals surface area contributed by atoms with Crippen molar-refractivity contribution in [1.82, 2.24) is 5.32 Å². The van der Waals surface area contributed by atoms with Gasteiger partial charge in [0.2, 0.25) is 12.3 Å². The maximum Gasteiger partial charge on any atom is 0.239 e. The molecule has 0 aliphatic rings. The summed E-state index contributed by atoms with van der Waals surface area (Å²) in [5.41, 5.74) is 3.65. The third kappa shape index (κ3) is 6.43. The summed E-state index contributed by atoms with van der Waals surface area (Å²) in [6, 6.07) is 16.5. The summed E-state index contributed by atoms with van der Waals surface area (Å²) in [5, 5.41) is 1.93. The first kappa shape index (κ1) is 21.0. The Kier molecular flexibility index (Phi) is 8.40. The number of rotatable bonds is 10. The van der Waals surface area contributed by atoms with E-state index in [0.717, 1.165) is 17.7 Å². The van der Waals surface area contributed by atoms with Crippen LogP contribution >= 0.6 is 11.8 Å². The summed E-state index contributed by atoms with van der Waals surface area (Å²) < 4.78 is 5.92. The van der Waals surface area contributed by atoms with Crippen LogP contribution in [0.3, 0.4) is 0 Å². The van der Waals surface area contributed by atoms with Crippen LogP contribution in [-0.4, -0.2) is 30.4 Å². The van der Waals surface area contributed by atoms with Crippen molar-refractivity contribution < 1.29 is 14.3 Å². The lowest BCUT2D eigenvalue weighted by Crippen LogP contribution is -2.32. The standard InChI is InChI=1S/C22H27NO3S/c1-4-17-5-9-19(10-6-17)16(2)14-26-20-11-7-18(8-12-20)13-21(27-3)22(25)23-15-24/h5-12,15-16,21H,4,13-14H2,1-3H3,(H,23,24,25). The maximum atomic E-state index is 11.8. The smallest absolute Gasteiger partial charge is 0.239 e. The minimum absolute atomic E-state index is 0.263. The first-order valence-corrected chi connectivity index (χ1v) is 10.4. The number of ether oxygens (including phenoxy) is 1. The van der Waals surface area contributed by atoms with E-state index in [0.29, 0.717) is 25.4 Å². The Hall–Kier alpha value is -2.27. The number of hydrogen-bond acceptors (Lipinski definition) is 4. The largest absolute Gasteiger partial charge is 0.493 e. The molecule has 1 N–H and O–H groups in total. The van der Waals surface area contributed by atoms with Crippen LogP contribution in [0.15, 0.2) is 48.5 Å². The summed E-state index contributed by atoms with van der Waals surface area (Å²) >= 11 is 1.43. The van der Waals surface area contributed by atoms with Gasteiger partial charge in [0.05, 0.1) is 11.9 Å². The van der Waals surface area contributed by atoms with Gasteiger partial charge in [0, 0.05) is 5.92 Å². The molecule has 0 bridgehead atoms. The van der Waals surface area contributed by atoms with Gasteiger partial charge in [-0.05, 0) is 47.9 Å². The second-order valence-electron chi connectivity index (χ2n) is 6.51. The number of benzene rings is 2. The van der Waals surface area contributed by atoms with Gasteiger partial charge in [-0.25, -0.2) is 0 Å². The highest BCUT2D eigenvalue weighted by molar-refractivity contribution is 7.99. The second kappa shape index (κ2) is 10.8. The summed E-state index contributed by atoms with van der Waals surface area (Å²) in [4.78, 5) is 22.2. The molecule has 4 nitrogen and oxygen atoms in total. The minimum Gasteiger partial charge on any atom is -0.493 e. The zero-order chi connectivity index (χ0) is 19.6. The molecular formula is C22H27NO3S. The van der Waals surface area contributed by atoms with E-state index < -0.39 is 0 Å².